The molecule has 1 saturated heterocycles. The molecule has 4 aromatic rings. The molecule has 7 nitrogen and oxygen atoms in total. The molecular formula is C28H23N3O4. The Kier molecular flexibility index (Phi) is 4.24. The normalized spacial score (nSPS) is 20.8. The molecular weight excluding hydrogens is 442 g/mol. The third kappa shape index (κ3) is 2.91. The third-order valence-electron chi connectivity index (χ3n) is 7.23. The van der Waals surface area contributed by atoms with E-state index in [1.54, 1.807) is 23.1 Å². The third-order valence-corrected chi connectivity index (χ3v) is 7.23. The number of benzene rings is 3. The van der Waals surface area contributed by atoms with Crippen molar-refractivity contribution < 1.29 is 19.1 Å². The Labute approximate surface area is 201 Å². The van der Waals surface area contributed by atoms with Gasteiger partial charge in [0.1, 0.15) is 25.3 Å². The van der Waals surface area contributed by atoms with Crippen LogP contribution in [0.2, 0.25) is 0 Å². The SMILES string of the molecule is Cc1ccc([C@@H]2c3[nH]c4ccccc4c3C[C@H]3C(=O)N(c4ccc5c(c4)OCCO5)C(=O)N23)cc1. The molecule has 0 aliphatic carbocycles. The topological polar surface area (TPSA) is 74.9 Å². The molecule has 0 unspecified atom stereocenters. The summed E-state index contributed by atoms with van der Waals surface area (Å²) in [6.45, 7) is 2.95. The first-order chi connectivity index (χ1) is 17.1. The molecule has 0 radical (unpaired) electrons. The summed E-state index contributed by atoms with van der Waals surface area (Å²) in [5.74, 6) is 0.945. The zero-order valence-electron chi connectivity index (χ0n) is 19.2. The lowest BCUT2D eigenvalue weighted by Crippen LogP contribution is -2.44. The molecule has 7 heteroatoms. The number of anilines is 1. The summed E-state index contributed by atoms with van der Waals surface area (Å²) in [4.78, 5) is 34.3. The number of H-pyrrole nitrogens is 1. The van der Waals surface area contributed by atoms with Crippen molar-refractivity contribution in [2.24, 2.45) is 0 Å². The number of hydrogen-bond donors (Lipinski definition) is 1. The molecule has 3 aliphatic rings. The number of fused-ring (bicyclic) bond motifs is 5. The number of nitrogens with one attached hydrogen (secondary N) is 1. The number of aromatic amines is 1. The lowest BCUT2D eigenvalue weighted by molar-refractivity contribution is -0.120. The fourth-order valence-electron chi connectivity index (χ4n) is 5.58. The van der Waals surface area contributed by atoms with Crippen LogP contribution < -0.4 is 14.4 Å². The second-order valence-electron chi connectivity index (χ2n) is 9.29. The van der Waals surface area contributed by atoms with Crippen molar-refractivity contribution in [2.75, 3.05) is 18.1 Å². The lowest BCUT2D eigenvalue weighted by Gasteiger charge is -2.36. The minimum Gasteiger partial charge on any atom is -0.486 e. The number of nitrogens with zero attached hydrogens (tertiary/aromatic N) is 2. The van der Waals surface area contributed by atoms with E-state index in [1.165, 1.54) is 4.90 Å². The smallest absolute Gasteiger partial charge is 0.332 e. The minimum atomic E-state index is -0.589. The summed E-state index contributed by atoms with van der Waals surface area (Å²) in [6, 6.07) is 20.2. The highest BCUT2D eigenvalue weighted by Gasteiger charge is 2.53. The number of carbonyl (C=O) groups is 2. The van der Waals surface area contributed by atoms with Gasteiger partial charge in [0.15, 0.2) is 11.5 Å². The van der Waals surface area contributed by atoms with Gasteiger partial charge in [-0.3, -0.25) is 9.69 Å². The van der Waals surface area contributed by atoms with Gasteiger partial charge in [-0.2, -0.15) is 0 Å². The molecule has 0 saturated carbocycles. The van der Waals surface area contributed by atoms with Crippen molar-refractivity contribution in [3.05, 3.63) is 89.1 Å². The highest BCUT2D eigenvalue weighted by atomic mass is 16.6. The maximum absolute atomic E-state index is 13.9. The van der Waals surface area contributed by atoms with E-state index in [-0.39, 0.29) is 11.9 Å². The monoisotopic (exact) mass is 465 g/mol. The van der Waals surface area contributed by atoms with Crippen molar-refractivity contribution in [2.45, 2.75) is 25.4 Å². The molecule has 1 fully saturated rings. The average Bonchev–Trinajstić information content (AvgIpc) is 3.38. The van der Waals surface area contributed by atoms with E-state index in [0.717, 1.165) is 33.3 Å². The lowest BCUT2D eigenvalue weighted by atomic mass is 9.88. The summed E-state index contributed by atoms with van der Waals surface area (Å²) in [5.41, 5.74) is 5.68. The summed E-state index contributed by atoms with van der Waals surface area (Å²) < 4.78 is 11.3. The van der Waals surface area contributed by atoms with Crippen LogP contribution in [-0.2, 0) is 11.2 Å². The number of rotatable bonds is 2. The van der Waals surface area contributed by atoms with Crippen LogP contribution in [0.5, 0.6) is 11.5 Å². The van der Waals surface area contributed by atoms with E-state index < -0.39 is 12.1 Å². The van der Waals surface area contributed by atoms with Gasteiger partial charge in [-0.25, -0.2) is 9.69 Å². The molecule has 3 aliphatic heterocycles. The zero-order valence-corrected chi connectivity index (χ0v) is 19.2. The molecule has 2 atom stereocenters. The van der Waals surface area contributed by atoms with Gasteiger partial charge in [-0.15, -0.1) is 0 Å². The number of carbonyl (C=O) groups excluding carboxylic acids is 2. The Bertz CT molecular complexity index is 1510. The fourth-order valence-corrected chi connectivity index (χ4v) is 5.58. The molecule has 1 N–H and O–H groups in total. The zero-order chi connectivity index (χ0) is 23.7. The van der Waals surface area contributed by atoms with E-state index in [0.29, 0.717) is 36.8 Å². The van der Waals surface area contributed by atoms with Crippen molar-refractivity contribution in [3.63, 3.8) is 0 Å². The average molecular weight is 466 g/mol. The van der Waals surface area contributed by atoms with E-state index in [9.17, 15) is 9.59 Å². The fraction of sp³-hybridized carbons (Fsp3) is 0.214. The van der Waals surface area contributed by atoms with Crippen LogP contribution in [0.15, 0.2) is 66.7 Å². The Balaban J connectivity index is 1.37. The number of aryl methyl sites for hydroxylation is 1. The number of imide groups is 1. The summed E-state index contributed by atoms with van der Waals surface area (Å²) in [5, 5.41) is 1.09. The highest BCUT2D eigenvalue weighted by molar-refractivity contribution is 6.22. The predicted molar refractivity (Wildman–Crippen MR) is 131 cm³/mol. The highest BCUT2D eigenvalue weighted by Crippen LogP contribution is 2.45. The maximum atomic E-state index is 13.9. The Morgan fingerprint density at radius 2 is 1.69 bits per heavy atom. The van der Waals surface area contributed by atoms with Crippen molar-refractivity contribution in [1.29, 1.82) is 0 Å². The molecule has 3 aromatic carbocycles. The van der Waals surface area contributed by atoms with E-state index in [2.05, 4.69) is 11.1 Å². The number of hydrogen-bond acceptors (Lipinski definition) is 4. The molecule has 0 bridgehead atoms. The Morgan fingerprint density at radius 1 is 0.914 bits per heavy atom. The van der Waals surface area contributed by atoms with Gasteiger partial charge >= 0.3 is 6.03 Å². The number of amides is 3. The maximum Gasteiger partial charge on any atom is 0.332 e. The van der Waals surface area contributed by atoms with Crippen LogP contribution >= 0.6 is 0 Å². The van der Waals surface area contributed by atoms with Crippen LogP contribution in [0, 0.1) is 6.92 Å². The number of ether oxygens (including phenoxy) is 2. The first-order valence-corrected chi connectivity index (χ1v) is 11.8. The van der Waals surface area contributed by atoms with Gasteiger partial charge in [0.2, 0.25) is 0 Å². The van der Waals surface area contributed by atoms with Crippen LogP contribution in [0.3, 0.4) is 0 Å². The first kappa shape index (κ1) is 20.1. The van der Waals surface area contributed by atoms with Crippen LogP contribution in [0.25, 0.3) is 10.9 Å². The summed E-state index contributed by atoms with van der Waals surface area (Å²) >= 11 is 0. The van der Waals surface area contributed by atoms with Gasteiger partial charge in [-0.05, 0) is 36.2 Å². The standard InChI is InChI=1S/C28H23N3O4/c1-16-6-8-17(9-7-16)26-25-20(19-4-2-3-5-21(19)29-25)15-22-27(32)30(28(33)31(22)26)18-10-11-23-24(14-18)35-13-12-34-23/h2-11,14,22,26,29H,12-13,15H2,1H3/t22-,26+/m0/s1. The van der Waals surface area contributed by atoms with Crippen molar-refractivity contribution in [1.82, 2.24) is 9.88 Å². The van der Waals surface area contributed by atoms with Crippen molar-refractivity contribution >= 4 is 28.5 Å². The van der Waals surface area contributed by atoms with Crippen molar-refractivity contribution in [3.8, 4) is 11.5 Å². The van der Waals surface area contributed by atoms with E-state index in [4.69, 9.17) is 9.47 Å². The molecule has 1 aromatic heterocycles. The first-order valence-electron chi connectivity index (χ1n) is 11.8. The van der Waals surface area contributed by atoms with Crippen LogP contribution in [-0.4, -0.2) is 41.1 Å². The van der Waals surface area contributed by atoms with Gasteiger partial charge < -0.3 is 14.5 Å². The summed E-state index contributed by atoms with van der Waals surface area (Å²) in [6.07, 6.45) is 0.466. The van der Waals surface area contributed by atoms with Gasteiger partial charge in [0, 0.05) is 29.1 Å². The number of para-hydroxylation sites is 1. The second kappa shape index (κ2) is 7.37. The molecule has 4 heterocycles. The molecule has 3 amide bonds. The molecule has 0 spiro atoms. The molecule has 7 rings (SSSR count). The minimum absolute atomic E-state index is 0.222. The number of urea groups is 1. The number of aromatic nitrogens is 1. The molecule has 35 heavy (non-hydrogen) atoms. The molecule has 174 valence electrons. The van der Waals surface area contributed by atoms with Crippen LogP contribution in [0.1, 0.15) is 28.4 Å². The Hall–Kier alpha value is -4.26. The second-order valence-corrected chi connectivity index (χ2v) is 9.29. The van der Waals surface area contributed by atoms with Crippen LogP contribution in [0.4, 0.5) is 10.5 Å². The quantitative estimate of drug-likeness (QED) is 0.435. The van der Waals surface area contributed by atoms with Gasteiger partial charge in [-0.1, -0.05) is 48.0 Å². The predicted octanol–water partition coefficient (Wildman–Crippen LogP) is 4.73. The van der Waals surface area contributed by atoms with Gasteiger partial charge in [0.05, 0.1) is 5.69 Å². The van der Waals surface area contributed by atoms with Gasteiger partial charge in [0.25, 0.3) is 5.91 Å². The largest absolute Gasteiger partial charge is 0.486 e. The van der Waals surface area contributed by atoms with E-state index in [1.807, 2.05) is 49.4 Å². The Morgan fingerprint density at radius 3 is 2.51 bits per heavy atom. The summed E-state index contributed by atoms with van der Waals surface area (Å²) in [7, 11) is 0. The van der Waals surface area contributed by atoms with E-state index >= 15 is 0 Å².